The quantitative estimate of drug-likeness (QED) is 0.390. The van der Waals surface area contributed by atoms with Crippen molar-refractivity contribution in [2.45, 2.75) is 32.4 Å². The molecule has 0 bridgehead atoms. The maximum Gasteiger partial charge on any atom is 0.194 e. The SMILES string of the molecule is CN=C(NCc1cn2c(n1)CCCC2)N1CCN(c2cccc(OC)c2)CC1.I. The molecule has 1 aromatic carbocycles. The number of ether oxygens (including phenoxy) is 1. The lowest BCUT2D eigenvalue weighted by Crippen LogP contribution is -2.52. The standard InChI is InChI=1S/C21H30N6O.HI/c1-22-21(23-15-17-16-27-9-4-3-8-20(27)24-17)26-12-10-25(11-13-26)18-6-5-7-19(14-18)28-2;/h5-7,14,16H,3-4,8-13,15H2,1-2H3,(H,22,23);1H. The minimum Gasteiger partial charge on any atom is -0.497 e. The highest BCUT2D eigenvalue weighted by molar-refractivity contribution is 14.0. The summed E-state index contributed by atoms with van der Waals surface area (Å²) in [5.74, 6) is 3.08. The molecule has 3 heterocycles. The van der Waals surface area contributed by atoms with Crippen molar-refractivity contribution < 1.29 is 4.74 Å². The summed E-state index contributed by atoms with van der Waals surface area (Å²) >= 11 is 0. The van der Waals surface area contributed by atoms with Crippen LogP contribution in [-0.4, -0.2) is 60.7 Å². The Hall–Kier alpha value is -1.97. The van der Waals surface area contributed by atoms with Gasteiger partial charge in [0.05, 0.1) is 19.3 Å². The Bertz CT molecular complexity index is 805. The third-order valence-corrected chi connectivity index (χ3v) is 5.60. The number of aromatic nitrogens is 2. The van der Waals surface area contributed by atoms with E-state index in [0.717, 1.165) is 63.1 Å². The molecule has 1 saturated heterocycles. The lowest BCUT2D eigenvalue weighted by atomic mass is 10.2. The summed E-state index contributed by atoms with van der Waals surface area (Å²) < 4.78 is 7.65. The average molecular weight is 510 g/mol. The Labute approximate surface area is 190 Å². The van der Waals surface area contributed by atoms with E-state index in [0.29, 0.717) is 0 Å². The number of guanidine groups is 1. The highest BCUT2D eigenvalue weighted by atomic mass is 127. The topological polar surface area (TPSA) is 57.9 Å². The molecule has 0 unspecified atom stereocenters. The number of nitrogens with one attached hydrogen (secondary N) is 1. The van der Waals surface area contributed by atoms with Crippen molar-refractivity contribution in [1.82, 2.24) is 19.8 Å². The second-order valence-corrected chi connectivity index (χ2v) is 7.38. The van der Waals surface area contributed by atoms with E-state index < -0.39 is 0 Å². The van der Waals surface area contributed by atoms with E-state index in [1.807, 2.05) is 19.2 Å². The molecule has 158 valence electrons. The van der Waals surface area contributed by atoms with Crippen molar-refractivity contribution in [2.75, 3.05) is 45.2 Å². The lowest BCUT2D eigenvalue weighted by Gasteiger charge is -2.37. The smallest absolute Gasteiger partial charge is 0.194 e. The van der Waals surface area contributed by atoms with E-state index in [9.17, 15) is 0 Å². The van der Waals surface area contributed by atoms with Crippen LogP contribution in [0.3, 0.4) is 0 Å². The first-order valence-electron chi connectivity index (χ1n) is 10.2. The Morgan fingerprint density at radius 3 is 2.72 bits per heavy atom. The summed E-state index contributed by atoms with van der Waals surface area (Å²) in [6.45, 7) is 5.64. The van der Waals surface area contributed by atoms with Gasteiger partial charge in [-0.15, -0.1) is 24.0 Å². The van der Waals surface area contributed by atoms with Gasteiger partial charge in [0.2, 0.25) is 0 Å². The number of rotatable bonds is 4. The van der Waals surface area contributed by atoms with Crippen molar-refractivity contribution in [3.8, 4) is 5.75 Å². The molecule has 1 fully saturated rings. The maximum atomic E-state index is 5.35. The summed E-state index contributed by atoms with van der Waals surface area (Å²) in [4.78, 5) is 14.0. The largest absolute Gasteiger partial charge is 0.497 e. The summed E-state index contributed by atoms with van der Waals surface area (Å²) in [7, 11) is 3.57. The molecule has 0 amide bonds. The number of halogens is 1. The van der Waals surface area contributed by atoms with Gasteiger partial charge in [-0.1, -0.05) is 6.07 Å². The molecular formula is C21H31IN6O. The van der Waals surface area contributed by atoms with Crippen LogP contribution in [0.4, 0.5) is 5.69 Å². The van der Waals surface area contributed by atoms with E-state index >= 15 is 0 Å². The zero-order chi connectivity index (χ0) is 19.3. The number of methoxy groups -OCH3 is 1. The number of benzene rings is 1. The van der Waals surface area contributed by atoms with Gasteiger partial charge >= 0.3 is 0 Å². The van der Waals surface area contributed by atoms with E-state index in [-0.39, 0.29) is 24.0 Å². The van der Waals surface area contributed by atoms with Crippen molar-refractivity contribution in [2.24, 2.45) is 4.99 Å². The fourth-order valence-corrected chi connectivity index (χ4v) is 4.04. The van der Waals surface area contributed by atoms with E-state index in [2.05, 4.69) is 43.0 Å². The number of imidazole rings is 1. The number of fused-ring (bicyclic) bond motifs is 1. The molecule has 0 radical (unpaired) electrons. The molecule has 0 atom stereocenters. The molecule has 2 aliphatic rings. The van der Waals surface area contributed by atoms with Gasteiger partial charge in [-0.2, -0.15) is 0 Å². The summed E-state index contributed by atoms with van der Waals surface area (Å²) in [5.41, 5.74) is 2.32. The number of hydrogen-bond donors (Lipinski definition) is 1. The molecule has 29 heavy (non-hydrogen) atoms. The highest BCUT2D eigenvalue weighted by Crippen LogP contribution is 2.22. The highest BCUT2D eigenvalue weighted by Gasteiger charge is 2.20. The number of aryl methyl sites for hydroxylation is 2. The van der Waals surface area contributed by atoms with Gasteiger partial charge in [-0.3, -0.25) is 4.99 Å². The van der Waals surface area contributed by atoms with E-state index in [1.54, 1.807) is 7.11 Å². The number of piperazine rings is 1. The van der Waals surface area contributed by atoms with Crippen LogP contribution < -0.4 is 15.0 Å². The number of hydrogen-bond acceptors (Lipinski definition) is 4. The minimum absolute atomic E-state index is 0. The summed E-state index contributed by atoms with van der Waals surface area (Å²) in [5, 5.41) is 3.50. The molecule has 2 aromatic rings. The normalized spacial score (nSPS) is 16.8. The van der Waals surface area contributed by atoms with Crippen LogP contribution in [0.15, 0.2) is 35.5 Å². The number of anilines is 1. The first-order chi connectivity index (χ1) is 13.8. The van der Waals surface area contributed by atoms with Crippen LogP contribution in [0, 0.1) is 0 Å². The molecular weight excluding hydrogens is 479 g/mol. The summed E-state index contributed by atoms with van der Waals surface area (Å²) in [6, 6.07) is 8.28. The molecule has 7 nitrogen and oxygen atoms in total. The van der Waals surface area contributed by atoms with Crippen LogP contribution in [0.25, 0.3) is 0 Å². The Morgan fingerprint density at radius 1 is 1.17 bits per heavy atom. The zero-order valence-electron chi connectivity index (χ0n) is 17.3. The summed E-state index contributed by atoms with van der Waals surface area (Å²) in [6.07, 6.45) is 5.80. The fourth-order valence-electron chi connectivity index (χ4n) is 4.04. The first-order valence-corrected chi connectivity index (χ1v) is 10.2. The van der Waals surface area contributed by atoms with E-state index in [4.69, 9.17) is 9.72 Å². The molecule has 2 aliphatic heterocycles. The monoisotopic (exact) mass is 510 g/mol. The zero-order valence-corrected chi connectivity index (χ0v) is 19.6. The van der Waals surface area contributed by atoms with Gasteiger partial charge < -0.3 is 24.4 Å². The maximum absolute atomic E-state index is 5.35. The van der Waals surface area contributed by atoms with Crippen molar-refractivity contribution >= 4 is 35.6 Å². The van der Waals surface area contributed by atoms with Gasteiger partial charge in [0.1, 0.15) is 11.6 Å². The van der Waals surface area contributed by atoms with Crippen molar-refractivity contribution in [3.63, 3.8) is 0 Å². The van der Waals surface area contributed by atoms with Crippen LogP contribution in [0.2, 0.25) is 0 Å². The predicted octanol–water partition coefficient (Wildman–Crippen LogP) is 2.74. The van der Waals surface area contributed by atoms with Gasteiger partial charge in [0, 0.05) is 64.1 Å². The third-order valence-electron chi connectivity index (χ3n) is 5.60. The third kappa shape index (κ3) is 5.15. The van der Waals surface area contributed by atoms with Crippen LogP contribution in [0.5, 0.6) is 5.75 Å². The fraction of sp³-hybridized carbons (Fsp3) is 0.524. The predicted molar refractivity (Wildman–Crippen MR) is 128 cm³/mol. The van der Waals surface area contributed by atoms with Crippen LogP contribution >= 0.6 is 24.0 Å². The van der Waals surface area contributed by atoms with E-state index in [1.165, 1.54) is 24.4 Å². The van der Waals surface area contributed by atoms with Gasteiger partial charge in [0.15, 0.2) is 5.96 Å². The second kappa shape index (κ2) is 10.2. The Morgan fingerprint density at radius 2 is 2.00 bits per heavy atom. The minimum atomic E-state index is 0. The number of aliphatic imine (C=N–C) groups is 1. The van der Waals surface area contributed by atoms with Gasteiger partial charge in [-0.25, -0.2) is 4.98 Å². The van der Waals surface area contributed by atoms with Gasteiger partial charge in [0.25, 0.3) is 0 Å². The molecule has 1 aromatic heterocycles. The molecule has 0 saturated carbocycles. The van der Waals surface area contributed by atoms with Crippen LogP contribution in [0.1, 0.15) is 24.4 Å². The Balaban J connectivity index is 0.00000240. The molecule has 0 aliphatic carbocycles. The van der Waals surface area contributed by atoms with Gasteiger partial charge in [-0.05, 0) is 25.0 Å². The first kappa shape index (κ1) is 21.7. The second-order valence-electron chi connectivity index (χ2n) is 7.38. The number of nitrogens with zero attached hydrogens (tertiary/aromatic N) is 5. The molecule has 8 heteroatoms. The molecule has 4 rings (SSSR count). The Kier molecular flexibility index (Phi) is 7.63. The van der Waals surface area contributed by atoms with Crippen molar-refractivity contribution in [1.29, 1.82) is 0 Å². The average Bonchev–Trinajstić information content (AvgIpc) is 3.17. The van der Waals surface area contributed by atoms with Crippen LogP contribution in [-0.2, 0) is 19.5 Å². The van der Waals surface area contributed by atoms with Crippen molar-refractivity contribution in [3.05, 3.63) is 42.0 Å². The molecule has 0 spiro atoms. The lowest BCUT2D eigenvalue weighted by molar-refractivity contribution is 0.371. The molecule has 1 N–H and O–H groups in total.